The van der Waals surface area contributed by atoms with E-state index in [4.69, 9.17) is 0 Å². The van der Waals surface area contributed by atoms with Crippen LogP contribution in [-0.2, 0) is 0 Å². The number of rotatable bonds is 2. The van der Waals surface area contributed by atoms with E-state index in [1.54, 1.807) is 12.1 Å². The van der Waals surface area contributed by atoms with Gasteiger partial charge in [-0.05, 0) is 46.9 Å². The van der Waals surface area contributed by atoms with E-state index < -0.39 is 0 Å². The Morgan fingerprint density at radius 3 is 2.17 bits per heavy atom. The van der Waals surface area contributed by atoms with Gasteiger partial charge in [-0.25, -0.2) is 4.39 Å². The zero-order chi connectivity index (χ0) is 17.4. The van der Waals surface area contributed by atoms with Crippen molar-refractivity contribution in [2.75, 3.05) is 0 Å². The van der Waals surface area contributed by atoms with Crippen LogP contribution in [0.25, 0.3) is 6.08 Å². The number of benzene rings is 2. The lowest BCUT2D eigenvalue weighted by Gasteiger charge is -2.48. The molecule has 3 rings (SSSR count). The molecule has 0 aliphatic heterocycles. The fourth-order valence-electron chi connectivity index (χ4n) is 4.77. The zero-order valence-electron chi connectivity index (χ0n) is 15.1. The second-order valence-electron chi connectivity index (χ2n) is 8.62. The van der Waals surface area contributed by atoms with Crippen LogP contribution in [0.15, 0.2) is 60.2 Å². The van der Waals surface area contributed by atoms with Crippen LogP contribution in [0.1, 0.15) is 57.6 Å². The summed E-state index contributed by atoms with van der Waals surface area (Å²) in [6.07, 6.45) is 4.58. The lowest BCUT2D eigenvalue weighted by molar-refractivity contribution is 0.131. The van der Waals surface area contributed by atoms with Crippen LogP contribution in [-0.4, -0.2) is 0 Å². The quantitative estimate of drug-likeness (QED) is 0.568. The first-order chi connectivity index (χ1) is 11.3. The van der Waals surface area contributed by atoms with Crippen molar-refractivity contribution < 1.29 is 4.39 Å². The summed E-state index contributed by atoms with van der Waals surface area (Å²) < 4.78 is 13.4. The topological polar surface area (TPSA) is 0 Å². The van der Waals surface area contributed by atoms with Crippen LogP contribution in [0.5, 0.6) is 0 Å². The Kier molecular flexibility index (Phi) is 4.38. The number of halogens is 1. The summed E-state index contributed by atoms with van der Waals surface area (Å²) in [5.74, 6) is 0.160. The van der Waals surface area contributed by atoms with Crippen LogP contribution < -0.4 is 0 Å². The number of allylic oxidation sites excluding steroid dienone is 1. The third kappa shape index (κ3) is 3.61. The molecule has 0 N–H and O–H groups in total. The van der Waals surface area contributed by atoms with Crippen LogP contribution in [0.2, 0.25) is 0 Å². The van der Waals surface area contributed by atoms with Gasteiger partial charge in [0.15, 0.2) is 0 Å². The van der Waals surface area contributed by atoms with Gasteiger partial charge in [-0.2, -0.15) is 0 Å². The van der Waals surface area contributed by atoms with Gasteiger partial charge in [0.1, 0.15) is 5.82 Å². The molecule has 0 bridgehead atoms. The highest BCUT2D eigenvalue weighted by Crippen LogP contribution is 2.56. The van der Waals surface area contributed by atoms with Crippen molar-refractivity contribution in [2.45, 2.75) is 46.5 Å². The van der Waals surface area contributed by atoms with E-state index in [1.807, 2.05) is 18.2 Å². The fourth-order valence-corrected chi connectivity index (χ4v) is 4.77. The van der Waals surface area contributed by atoms with Crippen LogP contribution >= 0.6 is 0 Å². The average molecular weight is 322 g/mol. The Bertz CT molecular complexity index is 720. The van der Waals surface area contributed by atoms with Crippen molar-refractivity contribution in [2.24, 2.45) is 10.8 Å². The summed E-state index contributed by atoms with van der Waals surface area (Å²) in [6.45, 7) is 9.41. The monoisotopic (exact) mass is 322 g/mol. The van der Waals surface area contributed by atoms with Gasteiger partial charge >= 0.3 is 0 Å². The molecule has 0 amide bonds. The zero-order valence-corrected chi connectivity index (χ0v) is 15.1. The normalized spacial score (nSPS) is 24.0. The van der Waals surface area contributed by atoms with Gasteiger partial charge in [0.05, 0.1) is 0 Å². The molecule has 1 saturated carbocycles. The third-order valence-corrected chi connectivity index (χ3v) is 5.12. The molecule has 24 heavy (non-hydrogen) atoms. The molecule has 1 aliphatic carbocycles. The molecule has 1 fully saturated rings. The maximum absolute atomic E-state index is 13.4. The second kappa shape index (κ2) is 6.20. The first kappa shape index (κ1) is 17.0. The van der Waals surface area contributed by atoms with E-state index in [9.17, 15) is 4.39 Å². The number of hydrogen-bond acceptors (Lipinski definition) is 0. The summed E-state index contributed by atoms with van der Waals surface area (Å²) in [6, 6.07) is 17.6. The molecule has 2 aromatic carbocycles. The van der Waals surface area contributed by atoms with Crippen LogP contribution in [0, 0.1) is 16.6 Å². The van der Waals surface area contributed by atoms with Gasteiger partial charge in [0.25, 0.3) is 0 Å². The molecule has 0 radical (unpaired) electrons. The van der Waals surface area contributed by atoms with E-state index in [-0.39, 0.29) is 16.6 Å². The Hall–Kier alpha value is -1.89. The standard InChI is InChI=1S/C23H27F/c1-22(2)15-19(14-17-8-6-5-7-9-17)21(23(3,4)16-22)18-10-12-20(24)13-11-18/h5-14,21H,15-16H2,1-4H3. The lowest BCUT2D eigenvalue weighted by Crippen LogP contribution is -2.36. The maximum Gasteiger partial charge on any atom is 0.123 e. The Morgan fingerprint density at radius 1 is 0.917 bits per heavy atom. The van der Waals surface area contributed by atoms with Gasteiger partial charge in [0.2, 0.25) is 0 Å². The van der Waals surface area contributed by atoms with Crippen molar-refractivity contribution in [3.05, 3.63) is 77.1 Å². The smallest absolute Gasteiger partial charge is 0.123 e. The van der Waals surface area contributed by atoms with Crippen molar-refractivity contribution in [3.8, 4) is 0 Å². The third-order valence-electron chi connectivity index (χ3n) is 5.12. The second-order valence-corrected chi connectivity index (χ2v) is 8.62. The van der Waals surface area contributed by atoms with E-state index in [2.05, 4.69) is 58.0 Å². The predicted molar refractivity (Wildman–Crippen MR) is 100 cm³/mol. The first-order valence-electron chi connectivity index (χ1n) is 8.78. The summed E-state index contributed by atoms with van der Waals surface area (Å²) in [7, 11) is 0. The molecule has 126 valence electrons. The largest absolute Gasteiger partial charge is 0.207 e. The molecule has 1 aliphatic rings. The highest BCUT2D eigenvalue weighted by atomic mass is 19.1. The molecule has 1 heteroatoms. The Morgan fingerprint density at radius 2 is 1.54 bits per heavy atom. The molecule has 0 spiro atoms. The summed E-state index contributed by atoms with van der Waals surface area (Å²) in [5, 5.41) is 0. The maximum atomic E-state index is 13.4. The molecule has 0 saturated heterocycles. The summed E-state index contributed by atoms with van der Waals surface area (Å²) >= 11 is 0. The molecular weight excluding hydrogens is 295 g/mol. The lowest BCUT2D eigenvalue weighted by atomic mass is 9.56. The first-order valence-corrected chi connectivity index (χ1v) is 8.78. The minimum absolute atomic E-state index is 0.139. The van der Waals surface area contributed by atoms with E-state index in [0.717, 1.165) is 12.8 Å². The number of hydrogen-bond donors (Lipinski definition) is 0. The predicted octanol–water partition coefficient (Wildman–Crippen LogP) is 6.84. The van der Waals surface area contributed by atoms with Crippen molar-refractivity contribution in [3.63, 3.8) is 0 Å². The summed E-state index contributed by atoms with van der Waals surface area (Å²) in [5.41, 5.74) is 4.34. The molecule has 0 nitrogen and oxygen atoms in total. The molecule has 0 heterocycles. The molecule has 2 aromatic rings. The Balaban J connectivity index is 2.09. The van der Waals surface area contributed by atoms with Crippen LogP contribution in [0.4, 0.5) is 4.39 Å². The summed E-state index contributed by atoms with van der Waals surface area (Å²) in [4.78, 5) is 0. The van der Waals surface area contributed by atoms with E-state index >= 15 is 0 Å². The fraction of sp³-hybridized carbons (Fsp3) is 0.391. The molecular formula is C23H27F. The molecule has 1 atom stereocenters. The highest BCUT2D eigenvalue weighted by Gasteiger charge is 2.43. The van der Waals surface area contributed by atoms with Gasteiger partial charge in [-0.15, -0.1) is 0 Å². The van der Waals surface area contributed by atoms with Crippen molar-refractivity contribution in [1.82, 2.24) is 0 Å². The van der Waals surface area contributed by atoms with E-state index in [1.165, 1.54) is 16.7 Å². The van der Waals surface area contributed by atoms with Crippen molar-refractivity contribution >= 4 is 6.08 Å². The average Bonchev–Trinajstić information content (AvgIpc) is 2.47. The minimum Gasteiger partial charge on any atom is -0.207 e. The van der Waals surface area contributed by atoms with Gasteiger partial charge in [0, 0.05) is 5.92 Å². The molecule has 0 aromatic heterocycles. The van der Waals surface area contributed by atoms with Gasteiger partial charge < -0.3 is 0 Å². The Labute approximate surface area is 145 Å². The minimum atomic E-state index is -0.165. The van der Waals surface area contributed by atoms with Crippen LogP contribution in [0.3, 0.4) is 0 Å². The van der Waals surface area contributed by atoms with E-state index in [0.29, 0.717) is 5.92 Å². The SMILES string of the molecule is CC1(C)CC(=Cc2ccccc2)C(c2ccc(F)cc2)C(C)(C)C1. The van der Waals surface area contributed by atoms with Gasteiger partial charge in [-0.1, -0.05) is 81.8 Å². The van der Waals surface area contributed by atoms with Crippen molar-refractivity contribution in [1.29, 1.82) is 0 Å². The van der Waals surface area contributed by atoms with Gasteiger partial charge in [-0.3, -0.25) is 0 Å². The molecule has 1 unspecified atom stereocenters. The highest BCUT2D eigenvalue weighted by molar-refractivity contribution is 5.56.